The number of benzene rings is 1. The number of hydrogen-bond donors (Lipinski definition) is 1. The number of methoxy groups -OCH3 is 1. The molecule has 3 nitrogen and oxygen atoms in total. The quantitative estimate of drug-likeness (QED) is 0.920. The second-order valence-corrected chi connectivity index (χ2v) is 5.71. The van der Waals surface area contributed by atoms with Crippen LogP contribution in [0.2, 0.25) is 0 Å². The number of ether oxygens (including phenoxy) is 1. The number of hydrogen-bond acceptors (Lipinski definition) is 2. The van der Waals surface area contributed by atoms with Gasteiger partial charge in [0.15, 0.2) is 0 Å². The molecule has 1 fully saturated rings. The number of nitrogens with one attached hydrogen (secondary N) is 1. The topological polar surface area (TPSA) is 38.3 Å². The predicted molar refractivity (Wildman–Crippen MR) is 76.4 cm³/mol. The largest absolute Gasteiger partial charge is 0.391 e. The first kappa shape index (κ1) is 16.8. The maximum atomic E-state index is 12.8. The molecule has 0 spiro atoms. The van der Waals surface area contributed by atoms with Crippen LogP contribution in [0, 0.1) is 5.92 Å². The minimum atomic E-state index is -4.18. The van der Waals surface area contributed by atoms with Crippen LogP contribution in [0.4, 0.5) is 13.2 Å². The molecule has 0 bridgehead atoms. The summed E-state index contributed by atoms with van der Waals surface area (Å²) >= 11 is 0. The van der Waals surface area contributed by atoms with Crippen LogP contribution in [0.15, 0.2) is 24.3 Å². The highest BCUT2D eigenvalue weighted by Crippen LogP contribution is 2.37. The van der Waals surface area contributed by atoms with E-state index in [1.165, 1.54) is 0 Å². The minimum Gasteiger partial charge on any atom is -0.380 e. The van der Waals surface area contributed by atoms with E-state index in [4.69, 9.17) is 4.74 Å². The number of alkyl halides is 3. The second-order valence-electron chi connectivity index (χ2n) is 5.71. The van der Waals surface area contributed by atoms with Crippen LogP contribution in [0.5, 0.6) is 0 Å². The van der Waals surface area contributed by atoms with E-state index in [1.54, 1.807) is 25.3 Å². The normalized spacial score (nSPS) is 22.4. The Morgan fingerprint density at radius 2 is 2.14 bits per heavy atom. The number of halogens is 3. The van der Waals surface area contributed by atoms with Gasteiger partial charge in [0, 0.05) is 18.7 Å². The van der Waals surface area contributed by atoms with Gasteiger partial charge in [-0.05, 0) is 37.0 Å². The number of carbonyl (C=O) groups is 1. The van der Waals surface area contributed by atoms with Crippen molar-refractivity contribution in [1.82, 2.24) is 5.32 Å². The highest BCUT2D eigenvalue weighted by Gasteiger charge is 2.42. The van der Waals surface area contributed by atoms with E-state index < -0.39 is 18.1 Å². The first-order valence-electron chi connectivity index (χ1n) is 7.35. The van der Waals surface area contributed by atoms with Crippen molar-refractivity contribution in [3.05, 3.63) is 35.4 Å². The standard InChI is InChI=1S/C16H20F3NO2/c1-22-10-11-4-2-5-12(8-11)15(21)20-14-7-3-6-13(9-14)16(17,18)19/h2,4-5,8,13-14H,3,6-7,9-10H2,1H3,(H,20,21)/t13-,14-/m1/s1. The smallest absolute Gasteiger partial charge is 0.380 e. The Balaban J connectivity index is 1.98. The lowest BCUT2D eigenvalue weighted by Gasteiger charge is -2.31. The third-order valence-corrected chi connectivity index (χ3v) is 3.97. The van der Waals surface area contributed by atoms with Crippen molar-refractivity contribution in [2.45, 2.75) is 44.5 Å². The van der Waals surface area contributed by atoms with Gasteiger partial charge in [-0.3, -0.25) is 4.79 Å². The van der Waals surface area contributed by atoms with Gasteiger partial charge < -0.3 is 10.1 Å². The van der Waals surface area contributed by atoms with Gasteiger partial charge in [0.1, 0.15) is 0 Å². The molecule has 0 radical (unpaired) electrons. The van der Waals surface area contributed by atoms with Crippen molar-refractivity contribution in [1.29, 1.82) is 0 Å². The average Bonchev–Trinajstić information content (AvgIpc) is 2.47. The van der Waals surface area contributed by atoms with Crippen LogP contribution in [0.25, 0.3) is 0 Å². The van der Waals surface area contributed by atoms with E-state index in [9.17, 15) is 18.0 Å². The molecule has 1 N–H and O–H groups in total. The van der Waals surface area contributed by atoms with E-state index in [2.05, 4.69) is 5.32 Å². The summed E-state index contributed by atoms with van der Waals surface area (Å²) in [4.78, 5) is 12.2. The van der Waals surface area contributed by atoms with Crippen molar-refractivity contribution in [3.63, 3.8) is 0 Å². The highest BCUT2D eigenvalue weighted by atomic mass is 19.4. The number of rotatable bonds is 4. The number of carbonyl (C=O) groups excluding carboxylic acids is 1. The van der Waals surface area contributed by atoms with Crippen molar-refractivity contribution >= 4 is 5.91 Å². The fourth-order valence-corrected chi connectivity index (χ4v) is 2.86. The first-order valence-corrected chi connectivity index (χ1v) is 7.35. The molecule has 0 saturated heterocycles. The zero-order valence-corrected chi connectivity index (χ0v) is 12.5. The van der Waals surface area contributed by atoms with Crippen LogP contribution in [-0.4, -0.2) is 25.2 Å². The van der Waals surface area contributed by atoms with Gasteiger partial charge in [0.25, 0.3) is 5.91 Å². The molecular formula is C16H20F3NO2. The molecule has 1 aromatic rings. The lowest BCUT2D eigenvalue weighted by Crippen LogP contribution is -2.41. The van der Waals surface area contributed by atoms with Crippen molar-refractivity contribution < 1.29 is 22.7 Å². The lowest BCUT2D eigenvalue weighted by atomic mass is 9.85. The molecule has 122 valence electrons. The van der Waals surface area contributed by atoms with E-state index in [-0.39, 0.29) is 18.7 Å². The van der Waals surface area contributed by atoms with E-state index in [0.717, 1.165) is 5.56 Å². The zero-order valence-electron chi connectivity index (χ0n) is 12.5. The van der Waals surface area contributed by atoms with Crippen molar-refractivity contribution in [3.8, 4) is 0 Å². The Kier molecular flexibility index (Phi) is 5.45. The van der Waals surface area contributed by atoms with Gasteiger partial charge in [0.2, 0.25) is 0 Å². The summed E-state index contributed by atoms with van der Waals surface area (Å²) in [6, 6.07) is 6.50. The van der Waals surface area contributed by atoms with Gasteiger partial charge in [-0.2, -0.15) is 13.2 Å². The van der Waals surface area contributed by atoms with Gasteiger partial charge in [-0.25, -0.2) is 0 Å². The second kappa shape index (κ2) is 7.13. The fourth-order valence-electron chi connectivity index (χ4n) is 2.86. The van der Waals surface area contributed by atoms with Gasteiger partial charge in [-0.15, -0.1) is 0 Å². The summed E-state index contributed by atoms with van der Waals surface area (Å²) in [5, 5.41) is 2.73. The van der Waals surface area contributed by atoms with Gasteiger partial charge in [0.05, 0.1) is 12.5 Å². The van der Waals surface area contributed by atoms with Gasteiger partial charge in [-0.1, -0.05) is 18.6 Å². The molecule has 6 heteroatoms. The molecule has 0 aromatic heterocycles. The summed E-state index contributed by atoms with van der Waals surface area (Å²) in [5.74, 6) is -1.64. The average molecular weight is 315 g/mol. The molecule has 1 aliphatic carbocycles. The van der Waals surface area contributed by atoms with Crippen LogP contribution >= 0.6 is 0 Å². The third kappa shape index (κ3) is 4.47. The van der Waals surface area contributed by atoms with E-state index >= 15 is 0 Å². The molecule has 1 amide bonds. The lowest BCUT2D eigenvalue weighted by molar-refractivity contribution is -0.183. The Hall–Kier alpha value is -1.56. The summed E-state index contributed by atoms with van der Waals surface area (Å²) < 4.78 is 43.4. The Morgan fingerprint density at radius 1 is 1.36 bits per heavy atom. The van der Waals surface area contributed by atoms with Crippen molar-refractivity contribution in [2.75, 3.05) is 7.11 Å². The Bertz CT molecular complexity index is 516. The summed E-state index contributed by atoms with van der Waals surface area (Å²) in [5.41, 5.74) is 1.30. The predicted octanol–water partition coefficient (Wildman–Crippen LogP) is 3.68. The van der Waals surface area contributed by atoms with Crippen LogP contribution in [0.3, 0.4) is 0 Å². The zero-order chi connectivity index (χ0) is 16.2. The molecule has 2 atom stereocenters. The molecule has 1 saturated carbocycles. The molecule has 22 heavy (non-hydrogen) atoms. The van der Waals surface area contributed by atoms with E-state index in [1.807, 2.05) is 6.07 Å². The van der Waals surface area contributed by atoms with Crippen LogP contribution in [-0.2, 0) is 11.3 Å². The molecular weight excluding hydrogens is 295 g/mol. The third-order valence-electron chi connectivity index (χ3n) is 3.97. The van der Waals surface area contributed by atoms with Gasteiger partial charge >= 0.3 is 6.18 Å². The number of amides is 1. The first-order chi connectivity index (χ1) is 10.4. The molecule has 0 heterocycles. The van der Waals surface area contributed by atoms with Crippen LogP contribution in [0.1, 0.15) is 41.6 Å². The van der Waals surface area contributed by atoms with E-state index in [0.29, 0.717) is 25.0 Å². The molecule has 2 rings (SSSR count). The Morgan fingerprint density at radius 3 is 2.82 bits per heavy atom. The molecule has 1 aliphatic rings. The molecule has 0 unspecified atom stereocenters. The minimum absolute atomic E-state index is 0.0347. The summed E-state index contributed by atoms with van der Waals surface area (Å²) in [6.07, 6.45) is -2.98. The molecule has 1 aromatic carbocycles. The fraction of sp³-hybridized carbons (Fsp3) is 0.562. The summed E-state index contributed by atoms with van der Waals surface area (Å²) in [6.45, 7) is 0.390. The SMILES string of the molecule is COCc1cccc(C(=O)N[C@@H]2CCC[C@@H](C(F)(F)F)C2)c1. The highest BCUT2D eigenvalue weighted by molar-refractivity contribution is 5.94. The van der Waals surface area contributed by atoms with Crippen molar-refractivity contribution in [2.24, 2.45) is 5.92 Å². The van der Waals surface area contributed by atoms with Crippen LogP contribution < -0.4 is 5.32 Å². The maximum absolute atomic E-state index is 12.8. The summed E-state index contributed by atoms with van der Waals surface area (Å²) in [7, 11) is 1.56. The Labute approximate surface area is 127 Å². The monoisotopic (exact) mass is 315 g/mol. The maximum Gasteiger partial charge on any atom is 0.391 e. The molecule has 0 aliphatic heterocycles.